The van der Waals surface area contributed by atoms with Crippen LogP contribution in [-0.4, -0.2) is 4.37 Å². The summed E-state index contributed by atoms with van der Waals surface area (Å²) >= 11 is 3.52. The van der Waals surface area contributed by atoms with E-state index in [0.29, 0.717) is 5.69 Å². The number of aromatic nitrogens is 1. The molecule has 1 aromatic heterocycles. The lowest BCUT2D eigenvalue weighted by Gasteiger charge is -2.08. The zero-order valence-corrected chi connectivity index (χ0v) is 12.1. The Morgan fingerprint density at radius 3 is 2.89 bits per heavy atom. The maximum atomic E-state index is 13.8. The maximum absolute atomic E-state index is 13.8. The Bertz CT molecular complexity index is 711. The Morgan fingerprint density at radius 1 is 1.17 bits per heavy atom. The van der Waals surface area contributed by atoms with Gasteiger partial charge >= 0.3 is 0 Å². The van der Waals surface area contributed by atoms with Crippen LogP contribution in [0.2, 0.25) is 0 Å². The van der Waals surface area contributed by atoms with E-state index in [1.807, 2.05) is 24.3 Å². The minimum atomic E-state index is -0.248. The van der Waals surface area contributed by atoms with Gasteiger partial charge in [-0.05, 0) is 64.5 Å². The molecular weight excluding hydrogens is 362 g/mol. The summed E-state index contributed by atoms with van der Waals surface area (Å²) in [6, 6.07) is 11.0. The van der Waals surface area contributed by atoms with Crippen molar-refractivity contribution in [1.29, 1.82) is 0 Å². The number of fused-ring (bicyclic) bond motifs is 1. The second-order valence-electron chi connectivity index (χ2n) is 3.79. The normalized spacial score (nSPS) is 10.8. The first kappa shape index (κ1) is 11.9. The van der Waals surface area contributed by atoms with Crippen LogP contribution in [0.15, 0.2) is 42.6 Å². The molecule has 0 saturated heterocycles. The lowest BCUT2D eigenvalue weighted by atomic mass is 10.2. The van der Waals surface area contributed by atoms with Gasteiger partial charge in [-0.2, -0.15) is 4.37 Å². The van der Waals surface area contributed by atoms with Crippen molar-refractivity contribution in [3.8, 4) is 0 Å². The molecule has 0 radical (unpaired) electrons. The number of benzene rings is 2. The molecular formula is C13H8FIN2S. The van der Waals surface area contributed by atoms with Crippen molar-refractivity contribution in [3.05, 3.63) is 52.0 Å². The van der Waals surface area contributed by atoms with E-state index in [0.717, 1.165) is 19.3 Å². The quantitative estimate of drug-likeness (QED) is 0.657. The van der Waals surface area contributed by atoms with Crippen molar-refractivity contribution in [1.82, 2.24) is 4.37 Å². The summed E-state index contributed by atoms with van der Waals surface area (Å²) in [5.74, 6) is -0.248. The van der Waals surface area contributed by atoms with Gasteiger partial charge in [-0.3, -0.25) is 0 Å². The minimum absolute atomic E-state index is 0.248. The van der Waals surface area contributed by atoms with Gasteiger partial charge < -0.3 is 5.32 Å². The predicted molar refractivity (Wildman–Crippen MR) is 82.0 cm³/mol. The second-order valence-corrected chi connectivity index (χ2v) is 5.87. The highest BCUT2D eigenvalue weighted by Crippen LogP contribution is 2.29. The van der Waals surface area contributed by atoms with E-state index in [1.165, 1.54) is 17.6 Å². The van der Waals surface area contributed by atoms with Gasteiger partial charge in [0.1, 0.15) is 5.82 Å². The molecule has 0 aliphatic heterocycles. The first-order valence-corrected chi connectivity index (χ1v) is 7.15. The van der Waals surface area contributed by atoms with Gasteiger partial charge in [0, 0.05) is 14.6 Å². The molecule has 90 valence electrons. The molecule has 0 aliphatic carbocycles. The average molecular weight is 370 g/mol. The molecule has 3 rings (SSSR count). The number of hydrogen-bond acceptors (Lipinski definition) is 3. The standard InChI is InChI=1S/C13H8FIN2S/c14-10-6-8(15)4-5-12(10)17-11-2-1-3-13-9(11)7-16-18-13/h1-7,17H. The summed E-state index contributed by atoms with van der Waals surface area (Å²) in [5, 5.41) is 4.13. The van der Waals surface area contributed by atoms with Crippen LogP contribution in [0.1, 0.15) is 0 Å². The van der Waals surface area contributed by atoms with Crippen LogP contribution in [0.25, 0.3) is 10.1 Å². The summed E-state index contributed by atoms with van der Waals surface area (Å²) in [6.07, 6.45) is 1.80. The van der Waals surface area contributed by atoms with Crippen LogP contribution >= 0.6 is 34.1 Å². The number of anilines is 2. The van der Waals surface area contributed by atoms with Gasteiger partial charge in [-0.1, -0.05) is 6.07 Å². The van der Waals surface area contributed by atoms with Crippen molar-refractivity contribution in [3.63, 3.8) is 0 Å². The van der Waals surface area contributed by atoms with Crippen LogP contribution < -0.4 is 5.32 Å². The Hall–Kier alpha value is -1.21. The number of hydrogen-bond donors (Lipinski definition) is 1. The Morgan fingerprint density at radius 2 is 2.06 bits per heavy atom. The van der Waals surface area contributed by atoms with Crippen LogP contribution in [0, 0.1) is 9.39 Å². The van der Waals surface area contributed by atoms with E-state index in [2.05, 4.69) is 32.3 Å². The average Bonchev–Trinajstić information content (AvgIpc) is 2.82. The fourth-order valence-corrected chi connectivity index (χ4v) is 2.86. The third-order valence-corrected chi connectivity index (χ3v) is 4.03. The molecule has 0 saturated carbocycles. The number of nitrogens with one attached hydrogen (secondary N) is 1. The number of halogens is 2. The smallest absolute Gasteiger partial charge is 0.147 e. The largest absolute Gasteiger partial charge is 0.353 e. The van der Waals surface area contributed by atoms with Crippen LogP contribution in [0.3, 0.4) is 0 Å². The van der Waals surface area contributed by atoms with Crippen LogP contribution in [0.4, 0.5) is 15.8 Å². The summed E-state index contributed by atoms with van der Waals surface area (Å²) in [7, 11) is 0. The second kappa shape index (κ2) is 4.81. The fourth-order valence-electron chi connectivity index (χ4n) is 1.74. The van der Waals surface area contributed by atoms with Crippen molar-refractivity contribution >= 4 is 55.6 Å². The number of rotatable bonds is 2. The highest BCUT2D eigenvalue weighted by atomic mass is 127. The van der Waals surface area contributed by atoms with Crippen molar-refractivity contribution in [2.24, 2.45) is 0 Å². The topological polar surface area (TPSA) is 24.9 Å². The summed E-state index contributed by atoms with van der Waals surface area (Å²) in [4.78, 5) is 0. The zero-order valence-electron chi connectivity index (χ0n) is 9.15. The SMILES string of the molecule is Fc1cc(I)ccc1Nc1cccc2sncc12. The molecule has 0 unspecified atom stereocenters. The van der Waals surface area contributed by atoms with E-state index in [9.17, 15) is 4.39 Å². The molecule has 2 aromatic carbocycles. The molecule has 0 bridgehead atoms. The lowest BCUT2D eigenvalue weighted by Crippen LogP contribution is -1.94. The van der Waals surface area contributed by atoms with E-state index >= 15 is 0 Å². The monoisotopic (exact) mass is 370 g/mol. The van der Waals surface area contributed by atoms with Gasteiger partial charge in [0.25, 0.3) is 0 Å². The van der Waals surface area contributed by atoms with Gasteiger partial charge in [0.15, 0.2) is 0 Å². The van der Waals surface area contributed by atoms with Crippen LogP contribution in [-0.2, 0) is 0 Å². The third-order valence-electron chi connectivity index (χ3n) is 2.60. The Balaban J connectivity index is 2.03. The first-order valence-electron chi connectivity index (χ1n) is 5.29. The minimum Gasteiger partial charge on any atom is -0.353 e. The molecule has 3 aromatic rings. The number of nitrogens with zero attached hydrogens (tertiary/aromatic N) is 1. The zero-order chi connectivity index (χ0) is 12.5. The first-order chi connectivity index (χ1) is 8.74. The van der Waals surface area contributed by atoms with Crippen molar-refractivity contribution in [2.45, 2.75) is 0 Å². The molecule has 1 N–H and O–H groups in total. The Labute approximate surface area is 121 Å². The molecule has 18 heavy (non-hydrogen) atoms. The van der Waals surface area contributed by atoms with E-state index in [1.54, 1.807) is 12.3 Å². The highest BCUT2D eigenvalue weighted by Gasteiger charge is 2.06. The summed E-state index contributed by atoms with van der Waals surface area (Å²) < 4.78 is 19.9. The molecule has 5 heteroatoms. The van der Waals surface area contributed by atoms with Gasteiger partial charge in [0.2, 0.25) is 0 Å². The van der Waals surface area contributed by atoms with E-state index < -0.39 is 0 Å². The third kappa shape index (κ3) is 2.20. The lowest BCUT2D eigenvalue weighted by molar-refractivity contribution is 0.631. The summed E-state index contributed by atoms with van der Waals surface area (Å²) in [5.41, 5.74) is 1.36. The predicted octanol–water partition coefficient (Wildman–Crippen LogP) is 4.78. The molecule has 0 amide bonds. The fraction of sp³-hybridized carbons (Fsp3) is 0. The van der Waals surface area contributed by atoms with Crippen molar-refractivity contribution < 1.29 is 4.39 Å². The van der Waals surface area contributed by atoms with Crippen molar-refractivity contribution in [2.75, 3.05) is 5.32 Å². The molecule has 0 atom stereocenters. The maximum Gasteiger partial charge on any atom is 0.147 e. The summed E-state index contributed by atoms with van der Waals surface area (Å²) in [6.45, 7) is 0. The Kier molecular flexibility index (Phi) is 3.17. The molecule has 0 fully saturated rings. The highest BCUT2D eigenvalue weighted by molar-refractivity contribution is 14.1. The van der Waals surface area contributed by atoms with Crippen LogP contribution in [0.5, 0.6) is 0 Å². The van der Waals surface area contributed by atoms with E-state index in [4.69, 9.17) is 0 Å². The molecule has 1 heterocycles. The van der Waals surface area contributed by atoms with E-state index in [-0.39, 0.29) is 5.82 Å². The van der Waals surface area contributed by atoms with Gasteiger partial charge in [-0.15, -0.1) is 0 Å². The molecule has 2 nitrogen and oxygen atoms in total. The van der Waals surface area contributed by atoms with Gasteiger partial charge in [0.05, 0.1) is 16.6 Å². The van der Waals surface area contributed by atoms with Gasteiger partial charge in [-0.25, -0.2) is 4.39 Å². The molecule has 0 aliphatic rings. The molecule has 0 spiro atoms.